The van der Waals surface area contributed by atoms with Gasteiger partial charge in [-0.3, -0.25) is 25.2 Å². The first-order valence-electron chi connectivity index (χ1n) is 8.39. The lowest BCUT2D eigenvalue weighted by molar-refractivity contribution is -0.136. The number of ether oxygens (including phenoxy) is 2. The number of hydrogen-bond donors (Lipinski definition) is 2. The molecule has 1 aromatic rings. The van der Waals surface area contributed by atoms with E-state index in [0.717, 1.165) is 12.8 Å². The minimum absolute atomic E-state index is 0.00889. The summed E-state index contributed by atoms with van der Waals surface area (Å²) in [5, 5.41) is 0. The molecule has 1 saturated carbocycles. The molecule has 4 rings (SSSR count). The highest BCUT2D eigenvalue weighted by Gasteiger charge is 2.42. The Morgan fingerprint density at radius 1 is 1.08 bits per heavy atom. The summed E-state index contributed by atoms with van der Waals surface area (Å²) in [6, 6.07) is 7.37. The van der Waals surface area contributed by atoms with E-state index < -0.39 is 17.9 Å². The van der Waals surface area contributed by atoms with Gasteiger partial charge in [-0.1, -0.05) is 12.1 Å². The van der Waals surface area contributed by atoms with Crippen molar-refractivity contribution in [3.63, 3.8) is 0 Å². The maximum absolute atomic E-state index is 12.2. The Hall–Kier alpha value is -2.77. The first-order chi connectivity index (χ1) is 12.1. The zero-order valence-electron chi connectivity index (χ0n) is 13.6. The van der Waals surface area contributed by atoms with Gasteiger partial charge in [0.2, 0.25) is 17.9 Å². The van der Waals surface area contributed by atoms with Gasteiger partial charge >= 0.3 is 0 Å². The molecule has 25 heavy (non-hydrogen) atoms. The van der Waals surface area contributed by atoms with Crippen molar-refractivity contribution in [3.05, 3.63) is 24.3 Å². The molecular formula is C17H19N3O5. The predicted octanol–water partition coefficient (Wildman–Crippen LogP) is -0.0153. The lowest BCUT2D eigenvalue weighted by Crippen LogP contribution is -2.52. The monoisotopic (exact) mass is 345 g/mol. The molecule has 0 bridgehead atoms. The van der Waals surface area contributed by atoms with Crippen LogP contribution in [0.3, 0.4) is 0 Å². The van der Waals surface area contributed by atoms with Crippen LogP contribution in [0.2, 0.25) is 0 Å². The van der Waals surface area contributed by atoms with E-state index in [1.54, 1.807) is 23.1 Å². The second-order valence-corrected chi connectivity index (χ2v) is 6.52. The zero-order chi connectivity index (χ0) is 17.4. The van der Waals surface area contributed by atoms with Gasteiger partial charge in [-0.15, -0.1) is 0 Å². The molecule has 2 fully saturated rings. The number of hydrazine groups is 1. The summed E-state index contributed by atoms with van der Waals surface area (Å²) in [5.74, 6) is -0.206. The summed E-state index contributed by atoms with van der Waals surface area (Å²) in [6.07, 6.45) is 1.37. The molecule has 132 valence electrons. The van der Waals surface area contributed by atoms with Gasteiger partial charge in [-0.05, 0) is 25.0 Å². The number of carbonyl (C=O) groups excluding carboxylic acids is 3. The standard InChI is InChI=1S/C17H19N3O5/c21-15-7-10(8-20(15)11-5-6-11)16(22)18-19-17(23)14-9-24-12-3-1-2-4-13(12)25-14/h1-4,10-11,14H,5-9H2,(H,18,22)(H,19,23). The number of hydrogen-bond acceptors (Lipinski definition) is 5. The van der Waals surface area contributed by atoms with Crippen LogP contribution >= 0.6 is 0 Å². The number of likely N-dealkylation sites (tertiary alicyclic amines) is 1. The molecular weight excluding hydrogens is 326 g/mol. The van der Waals surface area contributed by atoms with Gasteiger partial charge in [0, 0.05) is 19.0 Å². The van der Waals surface area contributed by atoms with Gasteiger partial charge in [0.15, 0.2) is 11.5 Å². The van der Waals surface area contributed by atoms with E-state index in [1.165, 1.54) is 0 Å². The number of para-hydroxylation sites is 2. The minimum atomic E-state index is -0.844. The van der Waals surface area contributed by atoms with Crippen molar-refractivity contribution in [2.24, 2.45) is 5.92 Å². The zero-order valence-corrected chi connectivity index (χ0v) is 13.6. The van der Waals surface area contributed by atoms with Crippen molar-refractivity contribution in [2.45, 2.75) is 31.4 Å². The second-order valence-electron chi connectivity index (χ2n) is 6.52. The van der Waals surface area contributed by atoms with E-state index in [1.807, 2.05) is 6.07 Å². The van der Waals surface area contributed by atoms with E-state index in [-0.39, 0.29) is 24.8 Å². The summed E-state index contributed by atoms with van der Waals surface area (Å²) in [7, 11) is 0. The number of amides is 3. The molecule has 2 heterocycles. The van der Waals surface area contributed by atoms with Gasteiger partial charge < -0.3 is 14.4 Å². The Morgan fingerprint density at radius 2 is 1.80 bits per heavy atom. The molecule has 0 aromatic heterocycles. The molecule has 0 spiro atoms. The van der Waals surface area contributed by atoms with Crippen molar-refractivity contribution in [1.29, 1.82) is 0 Å². The molecule has 8 heteroatoms. The smallest absolute Gasteiger partial charge is 0.283 e. The normalized spacial score (nSPS) is 24.8. The predicted molar refractivity (Wildman–Crippen MR) is 85.5 cm³/mol. The third kappa shape index (κ3) is 3.24. The molecule has 3 amide bonds. The second kappa shape index (κ2) is 6.27. The highest BCUT2D eigenvalue weighted by atomic mass is 16.6. The Labute approximate surface area is 144 Å². The Morgan fingerprint density at radius 3 is 2.56 bits per heavy atom. The van der Waals surface area contributed by atoms with Crippen LogP contribution in [-0.4, -0.2) is 47.9 Å². The lowest BCUT2D eigenvalue weighted by atomic mass is 10.1. The number of carbonyl (C=O) groups is 3. The fourth-order valence-electron chi connectivity index (χ4n) is 3.10. The largest absolute Gasteiger partial charge is 0.485 e. The van der Waals surface area contributed by atoms with E-state index in [2.05, 4.69) is 10.9 Å². The number of fused-ring (bicyclic) bond motifs is 1. The van der Waals surface area contributed by atoms with Crippen molar-refractivity contribution < 1.29 is 23.9 Å². The van der Waals surface area contributed by atoms with E-state index in [4.69, 9.17) is 9.47 Å². The average Bonchev–Trinajstić information content (AvgIpc) is 3.40. The van der Waals surface area contributed by atoms with Crippen LogP contribution in [-0.2, 0) is 14.4 Å². The lowest BCUT2D eigenvalue weighted by Gasteiger charge is -2.25. The summed E-state index contributed by atoms with van der Waals surface area (Å²) < 4.78 is 11.0. The number of rotatable bonds is 3. The molecule has 2 atom stereocenters. The topological polar surface area (TPSA) is 97.0 Å². The maximum atomic E-state index is 12.2. The van der Waals surface area contributed by atoms with Gasteiger partial charge in [0.05, 0.1) is 5.92 Å². The van der Waals surface area contributed by atoms with Gasteiger partial charge in [-0.2, -0.15) is 0 Å². The fourth-order valence-corrected chi connectivity index (χ4v) is 3.10. The quantitative estimate of drug-likeness (QED) is 0.751. The minimum Gasteiger partial charge on any atom is -0.485 e. The molecule has 8 nitrogen and oxygen atoms in total. The van der Waals surface area contributed by atoms with Crippen molar-refractivity contribution in [1.82, 2.24) is 15.8 Å². The molecule has 1 saturated heterocycles. The first kappa shape index (κ1) is 15.7. The molecule has 1 aromatic carbocycles. The van der Waals surface area contributed by atoms with Crippen molar-refractivity contribution >= 4 is 17.7 Å². The van der Waals surface area contributed by atoms with Crippen LogP contribution in [0.25, 0.3) is 0 Å². The van der Waals surface area contributed by atoms with Crippen molar-refractivity contribution in [3.8, 4) is 11.5 Å². The summed E-state index contributed by atoms with van der Waals surface area (Å²) in [4.78, 5) is 38.0. The molecule has 0 radical (unpaired) electrons. The van der Waals surface area contributed by atoms with Crippen LogP contribution in [0.4, 0.5) is 0 Å². The Balaban J connectivity index is 1.28. The summed E-state index contributed by atoms with van der Waals surface area (Å²) in [5.41, 5.74) is 4.75. The molecule has 3 aliphatic rings. The van der Waals surface area contributed by atoms with Gasteiger partial charge in [-0.25, -0.2) is 0 Å². The maximum Gasteiger partial charge on any atom is 0.283 e. The summed E-state index contributed by atoms with van der Waals surface area (Å²) >= 11 is 0. The average molecular weight is 345 g/mol. The SMILES string of the molecule is O=C(NNC(=O)C1COc2ccccc2O1)C1CC(=O)N(C2CC2)C1. The van der Waals surface area contributed by atoms with E-state index in [9.17, 15) is 14.4 Å². The molecule has 2 N–H and O–H groups in total. The number of nitrogens with zero attached hydrogens (tertiary/aromatic N) is 1. The third-order valence-corrected chi connectivity index (χ3v) is 4.63. The number of nitrogens with one attached hydrogen (secondary N) is 2. The summed E-state index contributed by atoms with van der Waals surface area (Å²) in [6.45, 7) is 0.484. The van der Waals surface area contributed by atoms with Crippen LogP contribution in [0.5, 0.6) is 11.5 Å². The molecule has 2 unspecified atom stereocenters. The van der Waals surface area contributed by atoms with Gasteiger partial charge in [0.1, 0.15) is 6.61 Å². The molecule has 2 aliphatic heterocycles. The Kier molecular flexibility index (Phi) is 3.95. The van der Waals surface area contributed by atoms with Crippen LogP contribution < -0.4 is 20.3 Å². The fraction of sp³-hybridized carbons (Fsp3) is 0.471. The Bertz CT molecular complexity index is 718. The van der Waals surface area contributed by atoms with Crippen LogP contribution in [0.15, 0.2) is 24.3 Å². The first-order valence-corrected chi connectivity index (χ1v) is 8.39. The third-order valence-electron chi connectivity index (χ3n) is 4.63. The van der Waals surface area contributed by atoms with Crippen LogP contribution in [0.1, 0.15) is 19.3 Å². The van der Waals surface area contributed by atoms with Gasteiger partial charge in [0.25, 0.3) is 5.91 Å². The highest BCUT2D eigenvalue weighted by Crippen LogP contribution is 2.33. The van der Waals surface area contributed by atoms with E-state index >= 15 is 0 Å². The molecule has 1 aliphatic carbocycles. The van der Waals surface area contributed by atoms with E-state index in [0.29, 0.717) is 24.1 Å². The van der Waals surface area contributed by atoms with Crippen molar-refractivity contribution in [2.75, 3.05) is 13.2 Å². The highest BCUT2D eigenvalue weighted by molar-refractivity contribution is 5.91. The number of benzene rings is 1. The van der Waals surface area contributed by atoms with Crippen LogP contribution in [0, 0.1) is 5.92 Å².